The van der Waals surface area contributed by atoms with Gasteiger partial charge in [-0.1, -0.05) is 67.8 Å². The molecule has 1 saturated carbocycles. The summed E-state index contributed by atoms with van der Waals surface area (Å²) in [6.45, 7) is 6.03. The van der Waals surface area contributed by atoms with Gasteiger partial charge in [0, 0.05) is 39.3 Å². The summed E-state index contributed by atoms with van der Waals surface area (Å²) in [4.78, 5) is 2.50. The fraction of sp³-hybridized carbons (Fsp3) is 0.520. The molecule has 5 heteroatoms. The first-order chi connectivity index (χ1) is 14.6. The van der Waals surface area contributed by atoms with Gasteiger partial charge in [0.05, 0.1) is 12.1 Å². The fourth-order valence-corrected chi connectivity index (χ4v) is 4.81. The van der Waals surface area contributed by atoms with Crippen LogP contribution < -0.4 is 5.32 Å². The summed E-state index contributed by atoms with van der Waals surface area (Å²) < 4.78 is 0. The molecule has 0 radical (unpaired) electrons. The average molecular weight is 410 g/mol. The van der Waals surface area contributed by atoms with Crippen molar-refractivity contribution in [1.82, 2.24) is 15.3 Å². The highest BCUT2D eigenvalue weighted by atomic mass is 16.5. The minimum atomic E-state index is -0.740. The smallest absolute Gasteiger partial charge is 0.0797 e. The number of hydrogen-bond donors (Lipinski definition) is 3. The number of nitrogens with zero attached hydrogens (tertiary/aromatic N) is 2. The van der Waals surface area contributed by atoms with Crippen molar-refractivity contribution >= 4 is 0 Å². The summed E-state index contributed by atoms with van der Waals surface area (Å²) in [5.74, 6) is 0. The third-order valence-electron chi connectivity index (χ3n) is 6.51. The minimum Gasteiger partial charge on any atom is -0.388 e. The maximum absolute atomic E-state index is 10.7. The molecule has 1 aliphatic carbocycles. The van der Waals surface area contributed by atoms with Crippen LogP contribution in [0.15, 0.2) is 48.5 Å². The molecule has 162 valence electrons. The summed E-state index contributed by atoms with van der Waals surface area (Å²) in [5.41, 5.74) is 4.16. The van der Waals surface area contributed by atoms with Crippen LogP contribution in [0.2, 0.25) is 0 Å². The lowest BCUT2D eigenvalue weighted by Crippen LogP contribution is -2.43. The van der Waals surface area contributed by atoms with Crippen LogP contribution in [-0.2, 0) is 13.1 Å². The van der Waals surface area contributed by atoms with E-state index in [2.05, 4.69) is 58.7 Å². The number of hydrogen-bond acceptors (Lipinski definition) is 5. The van der Waals surface area contributed by atoms with E-state index >= 15 is 0 Å². The van der Waals surface area contributed by atoms with Gasteiger partial charge in [-0.05, 0) is 35.1 Å². The molecule has 2 aromatic rings. The number of rotatable bonds is 7. The molecule has 3 N–H and O–H groups in total. The Kier molecular flexibility index (Phi) is 7.18. The Hall–Kier alpha value is -1.76. The standard InChI is InChI=1S/C25H35N3O2/c29-25(12-4-1-5-13-25)20-28(30)18-21-8-10-22(11-9-21)24-7-3-2-6-23(24)19-27-16-14-26-15-17-27/h2-3,6-11,26,29-30H,1,4-5,12-20H2. The van der Waals surface area contributed by atoms with Crippen LogP contribution in [0.4, 0.5) is 0 Å². The first-order valence-corrected chi connectivity index (χ1v) is 11.4. The van der Waals surface area contributed by atoms with E-state index in [1.165, 1.54) is 28.2 Å². The topological polar surface area (TPSA) is 59.0 Å². The quantitative estimate of drug-likeness (QED) is 0.610. The van der Waals surface area contributed by atoms with Gasteiger partial charge in [0.25, 0.3) is 0 Å². The van der Waals surface area contributed by atoms with Crippen molar-refractivity contribution in [1.29, 1.82) is 0 Å². The van der Waals surface area contributed by atoms with Crippen molar-refractivity contribution in [3.8, 4) is 11.1 Å². The molecule has 4 rings (SSSR count). The second-order valence-corrected chi connectivity index (χ2v) is 8.99. The van der Waals surface area contributed by atoms with Crippen molar-refractivity contribution < 1.29 is 10.3 Å². The zero-order valence-corrected chi connectivity index (χ0v) is 17.9. The summed E-state index contributed by atoms with van der Waals surface area (Å²) >= 11 is 0. The Balaban J connectivity index is 1.40. The van der Waals surface area contributed by atoms with Gasteiger partial charge in [0.1, 0.15) is 0 Å². The van der Waals surface area contributed by atoms with E-state index in [9.17, 15) is 10.3 Å². The van der Waals surface area contributed by atoms with Gasteiger partial charge in [-0.2, -0.15) is 5.06 Å². The molecule has 30 heavy (non-hydrogen) atoms. The van der Waals surface area contributed by atoms with Gasteiger partial charge in [0.15, 0.2) is 0 Å². The SMILES string of the molecule is ON(Cc1ccc(-c2ccccc2CN2CCNCC2)cc1)CC1(O)CCCCC1. The predicted octanol–water partition coefficient (Wildman–Crippen LogP) is 3.65. The molecule has 2 fully saturated rings. The summed E-state index contributed by atoms with van der Waals surface area (Å²) in [6, 6.07) is 17.1. The predicted molar refractivity (Wildman–Crippen MR) is 120 cm³/mol. The Morgan fingerprint density at radius 1 is 0.933 bits per heavy atom. The van der Waals surface area contributed by atoms with Crippen LogP contribution >= 0.6 is 0 Å². The number of benzene rings is 2. The molecule has 1 heterocycles. The molecule has 0 aromatic heterocycles. The molecule has 0 atom stereocenters. The van der Waals surface area contributed by atoms with E-state index in [1.807, 2.05) is 0 Å². The molecule has 1 saturated heterocycles. The fourth-order valence-electron chi connectivity index (χ4n) is 4.81. The van der Waals surface area contributed by atoms with Gasteiger partial charge >= 0.3 is 0 Å². The first kappa shape index (κ1) is 21.5. The van der Waals surface area contributed by atoms with E-state index in [1.54, 1.807) is 0 Å². The van der Waals surface area contributed by atoms with Crippen LogP contribution in [-0.4, -0.2) is 58.6 Å². The maximum Gasteiger partial charge on any atom is 0.0797 e. The minimum absolute atomic E-state index is 0.322. The Bertz CT molecular complexity index is 796. The van der Waals surface area contributed by atoms with Crippen molar-refractivity contribution in [3.05, 3.63) is 59.7 Å². The number of aliphatic hydroxyl groups is 1. The largest absolute Gasteiger partial charge is 0.388 e. The molecule has 0 bridgehead atoms. The van der Waals surface area contributed by atoms with Crippen LogP contribution in [0.25, 0.3) is 11.1 Å². The van der Waals surface area contributed by atoms with Gasteiger partial charge < -0.3 is 15.6 Å². The van der Waals surface area contributed by atoms with Crippen molar-refractivity contribution in [3.63, 3.8) is 0 Å². The van der Waals surface area contributed by atoms with E-state index in [-0.39, 0.29) is 0 Å². The van der Waals surface area contributed by atoms with Crippen molar-refractivity contribution in [2.75, 3.05) is 32.7 Å². The molecular formula is C25H35N3O2. The average Bonchev–Trinajstić information content (AvgIpc) is 2.76. The highest BCUT2D eigenvalue weighted by Gasteiger charge is 2.31. The van der Waals surface area contributed by atoms with Crippen LogP contribution in [0, 0.1) is 0 Å². The van der Waals surface area contributed by atoms with E-state index < -0.39 is 5.60 Å². The van der Waals surface area contributed by atoms with Gasteiger partial charge in [-0.25, -0.2) is 0 Å². The number of nitrogens with one attached hydrogen (secondary N) is 1. The van der Waals surface area contributed by atoms with E-state index in [4.69, 9.17) is 0 Å². The molecular weight excluding hydrogens is 374 g/mol. The Morgan fingerprint density at radius 2 is 1.63 bits per heavy atom. The summed E-state index contributed by atoms with van der Waals surface area (Å²) in [6.07, 6.45) is 4.85. The lowest BCUT2D eigenvalue weighted by molar-refractivity contribution is -0.154. The Morgan fingerprint density at radius 3 is 2.37 bits per heavy atom. The van der Waals surface area contributed by atoms with Crippen LogP contribution in [0.3, 0.4) is 0 Å². The molecule has 1 aliphatic heterocycles. The van der Waals surface area contributed by atoms with E-state index in [0.29, 0.717) is 13.1 Å². The zero-order chi connectivity index (χ0) is 20.8. The third kappa shape index (κ3) is 5.68. The highest BCUT2D eigenvalue weighted by Crippen LogP contribution is 2.29. The summed E-state index contributed by atoms with van der Waals surface area (Å²) in [7, 11) is 0. The first-order valence-electron chi connectivity index (χ1n) is 11.4. The number of hydroxylamine groups is 2. The van der Waals surface area contributed by atoms with Crippen LogP contribution in [0.1, 0.15) is 43.2 Å². The molecule has 0 spiro atoms. The summed E-state index contributed by atoms with van der Waals surface area (Å²) in [5, 5.41) is 25.8. The lowest BCUT2D eigenvalue weighted by atomic mass is 9.85. The molecule has 0 amide bonds. The van der Waals surface area contributed by atoms with Crippen LogP contribution in [0.5, 0.6) is 0 Å². The molecule has 2 aromatic carbocycles. The normalized spacial score (nSPS) is 19.8. The van der Waals surface area contributed by atoms with Gasteiger partial charge in [-0.3, -0.25) is 4.90 Å². The van der Waals surface area contributed by atoms with Gasteiger partial charge in [0.2, 0.25) is 0 Å². The molecule has 2 aliphatic rings. The highest BCUT2D eigenvalue weighted by molar-refractivity contribution is 5.67. The maximum atomic E-state index is 10.7. The number of piperazine rings is 1. The Labute approximate surface area is 180 Å². The van der Waals surface area contributed by atoms with E-state index in [0.717, 1.165) is 64.0 Å². The van der Waals surface area contributed by atoms with Crippen molar-refractivity contribution in [2.45, 2.75) is 50.8 Å². The zero-order valence-electron chi connectivity index (χ0n) is 17.9. The lowest BCUT2D eigenvalue weighted by Gasteiger charge is -2.34. The molecule has 0 unspecified atom stereocenters. The van der Waals surface area contributed by atoms with Crippen molar-refractivity contribution in [2.24, 2.45) is 0 Å². The third-order valence-corrected chi connectivity index (χ3v) is 6.51. The second kappa shape index (κ2) is 10.0. The monoisotopic (exact) mass is 409 g/mol. The second-order valence-electron chi connectivity index (χ2n) is 8.99. The van der Waals surface area contributed by atoms with Gasteiger partial charge in [-0.15, -0.1) is 0 Å². The molecule has 5 nitrogen and oxygen atoms in total.